The first kappa shape index (κ1) is 23.5. The van der Waals surface area contributed by atoms with E-state index in [9.17, 15) is 5.11 Å². The summed E-state index contributed by atoms with van der Waals surface area (Å²) in [5, 5.41) is 28.3. The molecule has 3 N–H and O–H groups in total. The van der Waals surface area contributed by atoms with E-state index in [4.69, 9.17) is 0 Å². The lowest BCUT2D eigenvalue weighted by molar-refractivity contribution is 0.0257. The van der Waals surface area contributed by atoms with Crippen LogP contribution in [0.3, 0.4) is 0 Å². The molecule has 0 amide bonds. The fraction of sp³-hybridized carbons (Fsp3) is 0.308. The maximum absolute atomic E-state index is 10.6. The molecule has 0 aliphatic rings. The first-order chi connectivity index (χ1) is 16.4. The van der Waals surface area contributed by atoms with Gasteiger partial charge in [0.15, 0.2) is 5.82 Å². The molecule has 176 valence electrons. The number of aromatic nitrogens is 4. The van der Waals surface area contributed by atoms with E-state index in [1.807, 2.05) is 49.3 Å². The number of fused-ring (bicyclic) bond motifs is 1. The smallest absolute Gasteiger partial charge is 0.156 e. The second-order valence-corrected chi connectivity index (χ2v) is 8.86. The molecule has 0 fully saturated rings. The van der Waals surface area contributed by atoms with Crippen molar-refractivity contribution in [3.8, 4) is 0 Å². The van der Waals surface area contributed by atoms with Crippen molar-refractivity contribution in [2.45, 2.75) is 18.9 Å². The van der Waals surface area contributed by atoms with Crippen molar-refractivity contribution in [2.24, 2.45) is 0 Å². The summed E-state index contributed by atoms with van der Waals surface area (Å²) in [4.78, 5) is 10.7. The fourth-order valence-electron chi connectivity index (χ4n) is 3.98. The number of anilines is 2. The van der Waals surface area contributed by atoms with Crippen LogP contribution >= 0.6 is 0 Å². The van der Waals surface area contributed by atoms with Crippen LogP contribution in [-0.2, 0) is 12.0 Å². The summed E-state index contributed by atoms with van der Waals surface area (Å²) in [6.45, 7) is 3.48. The lowest BCUT2D eigenvalue weighted by Crippen LogP contribution is -2.35. The highest BCUT2D eigenvalue weighted by atomic mass is 16.3. The van der Waals surface area contributed by atoms with Gasteiger partial charge in [0.1, 0.15) is 11.4 Å². The second-order valence-electron chi connectivity index (χ2n) is 8.86. The molecule has 1 atom stereocenters. The van der Waals surface area contributed by atoms with E-state index in [1.165, 1.54) is 5.56 Å². The quantitative estimate of drug-likeness (QED) is 0.312. The molecular formula is C26H31N7O. The number of benzene rings is 2. The number of hydrogen-bond donors (Lipinski definition) is 3. The summed E-state index contributed by atoms with van der Waals surface area (Å²) >= 11 is 0. The van der Waals surface area contributed by atoms with Gasteiger partial charge < -0.3 is 20.6 Å². The molecule has 0 spiro atoms. The van der Waals surface area contributed by atoms with Crippen LogP contribution < -0.4 is 10.6 Å². The number of nitrogens with zero attached hydrogens (tertiary/aromatic N) is 5. The third-order valence-electron chi connectivity index (χ3n) is 5.53. The summed E-state index contributed by atoms with van der Waals surface area (Å²) in [6, 6.07) is 18.5. The Morgan fingerprint density at radius 1 is 0.853 bits per heavy atom. The Kier molecular flexibility index (Phi) is 7.30. The molecule has 8 nitrogen and oxygen atoms in total. The lowest BCUT2D eigenvalue weighted by Gasteiger charge is -2.26. The van der Waals surface area contributed by atoms with Crippen LogP contribution in [0.25, 0.3) is 10.8 Å². The van der Waals surface area contributed by atoms with Crippen molar-refractivity contribution < 1.29 is 5.11 Å². The molecule has 0 aliphatic carbocycles. The van der Waals surface area contributed by atoms with Crippen LogP contribution in [0.1, 0.15) is 23.9 Å². The van der Waals surface area contributed by atoms with E-state index in [0.717, 1.165) is 28.7 Å². The van der Waals surface area contributed by atoms with Gasteiger partial charge in [-0.1, -0.05) is 54.6 Å². The first-order valence-electron chi connectivity index (χ1n) is 11.4. The van der Waals surface area contributed by atoms with Gasteiger partial charge in [0.2, 0.25) is 0 Å². The number of hydrogen-bond acceptors (Lipinski definition) is 8. The molecule has 0 aliphatic heterocycles. The van der Waals surface area contributed by atoms with Crippen molar-refractivity contribution in [3.05, 3.63) is 83.9 Å². The molecule has 4 rings (SSSR count). The van der Waals surface area contributed by atoms with Gasteiger partial charge in [-0.25, -0.2) is 4.98 Å². The normalized spacial score (nSPS) is 13.1. The summed E-state index contributed by atoms with van der Waals surface area (Å²) in [5.41, 5.74) is 1.67. The highest BCUT2D eigenvalue weighted by Gasteiger charge is 2.25. The first-order valence-corrected chi connectivity index (χ1v) is 11.4. The van der Waals surface area contributed by atoms with Crippen LogP contribution in [-0.4, -0.2) is 63.9 Å². The molecule has 0 saturated heterocycles. The van der Waals surface area contributed by atoms with Gasteiger partial charge in [0.25, 0.3) is 0 Å². The van der Waals surface area contributed by atoms with E-state index < -0.39 is 5.60 Å². The Hall–Kier alpha value is -3.62. The van der Waals surface area contributed by atoms with E-state index in [0.29, 0.717) is 31.1 Å². The number of rotatable bonds is 10. The van der Waals surface area contributed by atoms with E-state index in [1.54, 1.807) is 19.3 Å². The Morgan fingerprint density at radius 2 is 1.56 bits per heavy atom. The van der Waals surface area contributed by atoms with Crippen molar-refractivity contribution in [1.29, 1.82) is 0 Å². The van der Waals surface area contributed by atoms with Gasteiger partial charge in [-0.2, -0.15) is 5.10 Å². The molecular weight excluding hydrogens is 426 g/mol. The average molecular weight is 458 g/mol. The molecule has 4 aromatic rings. The van der Waals surface area contributed by atoms with Crippen LogP contribution in [0, 0.1) is 0 Å². The van der Waals surface area contributed by atoms with Crippen molar-refractivity contribution in [3.63, 3.8) is 0 Å². The third-order valence-corrected chi connectivity index (χ3v) is 5.53. The maximum Gasteiger partial charge on any atom is 0.156 e. The Balaban J connectivity index is 1.37. The van der Waals surface area contributed by atoms with Crippen LogP contribution in [0.15, 0.2) is 67.0 Å². The SMILES string of the molecule is CN(C)CC(C)(O)c1cnc(NCCNc2nnc(Cc3ccccc3)c3ccccc23)cn1. The minimum Gasteiger partial charge on any atom is -0.382 e. The van der Waals surface area contributed by atoms with Gasteiger partial charge in [-0.05, 0) is 26.6 Å². The molecule has 8 heteroatoms. The number of aliphatic hydroxyl groups is 1. The molecule has 2 aromatic carbocycles. The standard InChI is InChI=1S/C26H31N7O/c1-26(34,18-33(2)3)23-16-30-24(17-29-23)27-13-14-28-25-21-12-8-7-11-20(21)22(31-32-25)15-19-9-5-4-6-10-19/h4-12,16-17,34H,13-15,18H2,1-3H3,(H,27,30)(H,28,32). The topological polar surface area (TPSA) is 99.1 Å². The minimum atomic E-state index is -1.05. The second kappa shape index (κ2) is 10.5. The molecule has 2 heterocycles. The zero-order chi connectivity index (χ0) is 24.0. The highest BCUT2D eigenvalue weighted by molar-refractivity contribution is 5.93. The molecule has 34 heavy (non-hydrogen) atoms. The number of likely N-dealkylation sites (N-methyl/N-ethyl adjacent to an activating group) is 1. The summed E-state index contributed by atoms with van der Waals surface area (Å²) in [6.07, 6.45) is 4.00. The monoisotopic (exact) mass is 457 g/mol. The molecule has 0 saturated carbocycles. The van der Waals surface area contributed by atoms with Crippen LogP contribution in [0.2, 0.25) is 0 Å². The highest BCUT2D eigenvalue weighted by Crippen LogP contribution is 2.24. The van der Waals surface area contributed by atoms with Crippen LogP contribution in [0.5, 0.6) is 0 Å². The molecule has 0 radical (unpaired) electrons. The summed E-state index contributed by atoms with van der Waals surface area (Å²) < 4.78 is 0. The predicted octanol–water partition coefficient (Wildman–Crippen LogP) is 3.30. The number of nitrogens with one attached hydrogen (secondary N) is 2. The minimum absolute atomic E-state index is 0.470. The van der Waals surface area contributed by atoms with Crippen molar-refractivity contribution >= 4 is 22.4 Å². The Bertz CT molecular complexity index is 1210. The lowest BCUT2D eigenvalue weighted by atomic mass is 10.0. The van der Waals surface area contributed by atoms with Gasteiger partial charge >= 0.3 is 0 Å². The van der Waals surface area contributed by atoms with Gasteiger partial charge in [-0.3, -0.25) is 4.98 Å². The van der Waals surface area contributed by atoms with E-state index >= 15 is 0 Å². The molecule has 1 unspecified atom stereocenters. The third kappa shape index (κ3) is 5.84. The molecule has 0 bridgehead atoms. The predicted molar refractivity (Wildman–Crippen MR) is 136 cm³/mol. The van der Waals surface area contributed by atoms with Crippen molar-refractivity contribution in [1.82, 2.24) is 25.1 Å². The summed E-state index contributed by atoms with van der Waals surface area (Å²) in [5.74, 6) is 1.41. The van der Waals surface area contributed by atoms with E-state index in [2.05, 4.69) is 55.1 Å². The van der Waals surface area contributed by atoms with Crippen molar-refractivity contribution in [2.75, 3.05) is 44.4 Å². The zero-order valence-electron chi connectivity index (χ0n) is 19.9. The average Bonchev–Trinajstić information content (AvgIpc) is 2.83. The fourth-order valence-corrected chi connectivity index (χ4v) is 3.98. The van der Waals surface area contributed by atoms with Crippen LogP contribution in [0.4, 0.5) is 11.6 Å². The maximum atomic E-state index is 10.6. The largest absolute Gasteiger partial charge is 0.382 e. The van der Waals surface area contributed by atoms with Gasteiger partial charge in [0.05, 0.1) is 23.8 Å². The van der Waals surface area contributed by atoms with Gasteiger partial charge in [0, 0.05) is 36.8 Å². The van der Waals surface area contributed by atoms with E-state index in [-0.39, 0.29) is 0 Å². The Labute approximate surface area is 200 Å². The zero-order valence-corrected chi connectivity index (χ0v) is 19.9. The van der Waals surface area contributed by atoms with Gasteiger partial charge in [-0.15, -0.1) is 5.10 Å². The summed E-state index contributed by atoms with van der Waals surface area (Å²) in [7, 11) is 3.82. The Morgan fingerprint density at radius 3 is 2.26 bits per heavy atom. The molecule has 2 aromatic heterocycles.